The summed E-state index contributed by atoms with van der Waals surface area (Å²) in [7, 11) is 1.52. The van der Waals surface area contributed by atoms with Gasteiger partial charge >= 0.3 is 0 Å². The van der Waals surface area contributed by atoms with Gasteiger partial charge in [-0.3, -0.25) is 14.4 Å². The lowest BCUT2D eigenvalue weighted by Crippen LogP contribution is -2.38. The molecule has 144 valence electrons. The van der Waals surface area contributed by atoms with E-state index in [9.17, 15) is 14.4 Å². The van der Waals surface area contributed by atoms with E-state index in [0.717, 1.165) is 11.1 Å². The molecular weight excluding hydrogens is 376 g/mol. The zero-order valence-corrected chi connectivity index (χ0v) is 16.3. The number of amides is 2. The van der Waals surface area contributed by atoms with Crippen LogP contribution in [0.15, 0.2) is 40.5 Å². The smallest absolute Gasteiger partial charge is 0.274 e. The third-order valence-electron chi connectivity index (χ3n) is 4.96. The van der Waals surface area contributed by atoms with Crippen molar-refractivity contribution >= 4 is 33.9 Å². The summed E-state index contributed by atoms with van der Waals surface area (Å²) < 4.78 is 1.16. The Hall–Kier alpha value is -3.00. The van der Waals surface area contributed by atoms with Gasteiger partial charge in [-0.2, -0.15) is 5.10 Å². The second-order valence-corrected chi connectivity index (χ2v) is 7.76. The van der Waals surface area contributed by atoms with Gasteiger partial charge in [0.05, 0.1) is 5.39 Å². The summed E-state index contributed by atoms with van der Waals surface area (Å²) in [4.78, 5) is 40.4. The van der Waals surface area contributed by atoms with Gasteiger partial charge in [0, 0.05) is 43.4 Å². The molecule has 0 radical (unpaired) electrons. The summed E-state index contributed by atoms with van der Waals surface area (Å²) in [6.07, 6.45) is 1.12. The number of rotatable bonds is 4. The number of aryl methyl sites for hydroxylation is 1. The number of nitrogens with zero attached hydrogens (tertiary/aromatic N) is 3. The van der Waals surface area contributed by atoms with E-state index in [4.69, 9.17) is 0 Å². The van der Waals surface area contributed by atoms with Gasteiger partial charge in [-0.1, -0.05) is 18.2 Å². The van der Waals surface area contributed by atoms with Gasteiger partial charge in [-0.15, -0.1) is 11.3 Å². The van der Waals surface area contributed by atoms with Gasteiger partial charge in [-0.05, 0) is 29.5 Å². The van der Waals surface area contributed by atoms with Crippen molar-refractivity contribution in [2.75, 3.05) is 13.1 Å². The lowest BCUT2D eigenvalue weighted by atomic mass is 10.1. The van der Waals surface area contributed by atoms with Crippen LogP contribution in [0.4, 0.5) is 0 Å². The number of carbonyl (C=O) groups excluding carboxylic acids is 2. The number of hydrogen-bond acceptors (Lipinski definition) is 5. The standard InChI is InChI=1S/C20H20N4O3S/c1-23-20(27)15-5-3-2-4-14(15)18(22-23)19(26)21-9-6-17(25)24-10-7-16-13(12-24)8-11-28-16/h2-5,8,11H,6-7,9-10,12H2,1H3,(H,21,26). The molecule has 0 aliphatic carbocycles. The molecule has 0 saturated carbocycles. The van der Waals surface area contributed by atoms with Crippen molar-refractivity contribution < 1.29 is 9.59 Å². The Morgan fingerprint density at radius 2 is 2.00 bits per heavy atom. The Morgan fingerprint density at radius 1 is 1.21 bits per heavy atom. The fraction of sp³-hybridized carbons (Fsp3) is 0.300. The van der Waals surface area contributed by atoms with Crippen molar-refractivity contribution in [3.63, 3.8) is 0 Å². The first-order chi connectivity index (χ1) is 13.5. The summed E-state index contributed by atoms with van der Waals surface area (Å²) in [5, 5.41) is 9.88. The molecule has 2 amide bonds. The predicted molar refractivity (Wildman–Crippen MR) is 107 cm³/mol. The Labute approximate surface area is 165 Å². The van der Waals surface area contributed by atoms with Crippen LogP contribution in [0.3, 0.4) is 0 Å². The van der Waals surface area contributed by atoms with Crippen molar-refractivity contribution in [3.05, 3.63) is 62.2 Å². The number of hydrogen-bond donors (Lipinski definition) is 1. The minimum atomic E-state index is -0.390. The van der Waals surface area contributed by atoms with Gasteiger partial charge in [-0.25, -0.2) is 4.68 Å². The lowest BCUT2D eigenvalue weighted by Gasteiger charge is -2.27. The minimum Gasteiger partial charge on any atom is -0.350 e. The third-order valence-corrected chi connectivity index (χ3v) is 5.98. The van der Waals surface area contributed by atoms with E-state index in [-0.39, 0.29) is 30.1 Å². The lowest BCUT2D eigenvalue weighted by molar-refractivity contribution is -0.131. The topological polar surface area (TPSA) is 84.3 Å². The van der Waals surface area contributed by atoms with Crippen LogP contribution in [0.5, 0.6) is 0 Å². The van der Waals surface area contributed by atoms with Gasteiger partial charge in [0.2, 0.25) is 5.91 Å². The maximum absolute atomic E-state index is 12.6. The second kappa shape index (κ2) is 7.55. The molecule has 1 N–H and O–H groups in total. The molecule has 3 aromatic rings. The van der Waals surface area contributed by atoms with E-state index in [1.165, 1.54) is 17.5 Å². The number of carbonyl (C=O) groups is 2. The van der Waals surface area contributed by atoms with E-state index in [0.29, 0.717) is 23.9 Å². The average Bonchev–Trinajstić information content (AvgIpc) is 3.18. The van der Waals surface area contributed by atoms with E-state index in [1.54, 1.807) is 35.6 Å². The number of fused-ring (bicyclic) bond motifs is 2. The zero-order valence-electron chi connectivity index (χ0n) is 15.5. The number of benzene rings is 1. The molecule has 1 aliphatic heterocycles. The Kier molecular flexibility index (Phi) is 4.95. The monoisotopic (exact) mass is 396 g/mol. The van der Waals surface area contributed by atoms with Crippen LogP contribution >= 0.6 is 11.3 Å². The molecular formula is C20H20N4O3S. The highest BCUT2D eigenvalue weighted by atomic mass is 32.1. The summed E-state index contributed by atoms with van der Waals surface area (Å²) >= 11 is 1.74. The molecule has 0 spiro atoms. The van der Waals surface area contributed by atoms with Crippen LogP contribution in [0.1, 0.15) is 27.3 Å². The SMILES string of the molecule is Cn1nc(C(=O)NCCC(=O)N2CCc3sccc3C2)c2ccccc2c1=O. The zero-order chi connectivity index (χ0) is 19.7. The molecule has 1 aromatic carbocycles. The highest BCUT2D eigenvalue weighted by molar-refractivity contribution is 7.10. The Balaban J connectivity index is 1.40. The van der Waals surface area contributed by atoms with Gasteiger partial charge in [0.25, 0.3) is 11.5 Å². The normalized spacial score (nSPS) is 13.4. The maximum Gasteiger partial charge on any atom is 0.274 e. The van der Waals surface area contributed by atoms with Gasteiger partial charge in [0.1, 0.15) is 0 Å². The summed E-state index contributed by atoms with van der Waals surface area (Å²) in [6, 6.07) is 8.96. The van der Waals surface area contributed by atoms with E-state index in [1.807, 2.05) is 4.90 Å². The molecule has 0 fully saturated rings. The molecule has 1 aliphatic rings. The van der Waals surface area contributed by atoms with Crippen molar-refractivity contribution in [1.29, 1.82) is 0 Å². The summed E-state index contributed by atoms with van der Waals surface area (Å²) in [5.41, 5.74) is 1.15. The van der Waals surface area contributed by atoms with Crippen LogP contribution in [0.2, 0.25) is 0 Å². The first kappa shape index (κ1) is 18.4. The molecule has 0 atom stereocenters. The molecule has 7 nitrogen and oxygen atoms in total. The largest absolute Gasteiger partial charge is 0.350 e. The molecule has 0 saturated heterocycles. The van der Waals surface area contributed by atoms with E-state index >= 15 is 0 Å². The Morgan fingerprint density at radius 3 is 2.82 bits per heavy atom. The second-order valence-electron chi connectivity index (χ2n) is 6.76. The van der Waals surface area contributed by atoms with Crippen LogP contribution in [-0.2, 0) is 24.8 Å². The van der Waals surface area contributed by atoms with E-state index < -0.39 is 5.91 Å². The molecule has 2 aromatic heterocycles. The number of thiophene rings is 1. The number of nitrogens with one attached hydrogen (secondary N) is 1. The van der Waals surface area contributed by atoms with E-state index in [2.05, 4.69) is 21.9 Å². The third kappa shape index (κ3) is 3.43. The molecule has 28 heavy (non-hydrogen) atoms. The maximum atomic E-state index is 12.6. The van der Waals surface area contributed by atoms with Gasteiger partial charge in [0.15, 0.2) is 5.69 Å². The highest BCUT2D eigenvalue weighted by Crippen LogP contribution is 2.24. The Bertz CT molecular complexity index is 1120. The van der Waals surface area contributed by atoms with Crippen molar-refractivity contribution in [1.82, 2.24) is 20.0 Å². The quantitative estimate of drug-likeness (QED) is 0.728. The highest BCUT2D eigenvalue weighted by Gasteiger charge is 2.21. The van der Waals surface area contributed by atoms with Crippen LogP contribution < -0.4 is 10.9 Å². The molecule has 0 unspecified atom stereocenters. The summed E-state index contributed by atoms with van der Waals surface area (Å²) in [5.74, 6) is -0.367. The number of aromatic nitrogens is 2. The fourth-order valence-electron chi connectivity index (χ4n) is 3.45. The molecule has 3 heterocycles. The van der Waals surface area contributed by atoms with Crippen molar-refractivity contribution in [3.8, 4) is 0 Å². The fourth-order valence-corrected chi connectivity index (χ4v) is 4.34. The van der Waals surface area contributed by atoms with Crippen LogP contribution in [0.25, 0.3) is 10.8 Å². The van der Waals surface area contributed by atoms with Crippen LogP contribution in [0, 0.1) is 0 Å². The minimum absolute atomic E-state index is 0.0235. The van der Waals surface area contributed by atoms with Crippen molar-refractivity contribution in [2.45, 2.75) is 19.4 Å². The molecule has 8 heteroatoms. The molecule has 4 rings (SSSR count). The summed E-state index contributed by atoms with van der Waals surface area (Å²) in [6.45, 7) is 1.58. The predicted octanol–water partition coefficient (Wildman–Crippen LogP) is 1.70. The van der Waals surface area contributed by atoms with Crippen LogP contribution in [-0.4, -0.2) is 39.6 Å². The van der Waals surface area contributed by atoms with Gasteiger partial charge < -0.3 is 10.2 Å². The first-order valence-electron chi connectivity index (χ1n) is 9.12. The first-order valence-corrected chi connectivity index (χ1v) is 10.00. The molecule has 0 bridgehead atoms. The average molecular weight is 396 g/mol. The van der Waals surface area contributed by atoms with Crippen molar-refractivity contribution in [2.24, 2.45) is 7.05 Å².